The first kappa shape index (κ1) is 14.2. The molecule has 0 aromatic heterocycles. The zero-order valence-corrected chi connectivity index (χ0v) is 10.6. The average molecular weight is 261 g/mol. The fourth-order valence-electron chi connectivity index (χ4n) is 3.39. The van der Waals surface area contributed by atoms with Crippen LogP contribution >= 0.6 is 0 Å². The Morgan fingerprint density at radius 2 is 1.89 bits per heavy atom. The van der Waals surface area contributed by atoms with Gasteiger partial charge in [0.1, 0.15) is 0 Å². The normalized spacial score (nSPS) is 46.3. The molecule has 0 saturated carbocycles. The lowest BCUT2D eigenvalue weighted by molar-refractivity contribution is -0.00197. The van der Waals surface area contributed by atoms with Gasteiger partial charge in [0, 0.05) is 6.04 Å². The molecule has 2 aliphatic rings. The van der Waals surface area contributed by atoms with Crippen LogP contribution < -0.4 is 0 Å². The topological polar surface area (TPSA) is 104 Å². The van der Waals surface area contributed by atoms with Crippen LogP contribution in [0.5, 0.6) is 0 Å². The summed E-state index contributed by atoms with van der Waals surface area (Å²) in [7, 11) is 0. The molecule has 2 saturated heterocycles. The van der Waals surface area contributed by atoms with Crippen molar-refractivity contribution in [1.82, 2.24) is 4.90 Å². The highest BCUT2D eigenvalue weighted by atomic mass is 16.3. The third-order valence-corrected chi connectivity index (χ3v) is 4.26. The Bertz CT molecular complexity index is 288. The molecule has 2 heterocycles. The fraction of sp³-hybridized carbons (Fsp3) is 1.00. The van der Waals surface area contributed by atoms with Crippen LogP contribution in [0.4, 0.5) is 0 Å². The Hall–Kier alpha value is -0.240. The van der Waals surface area contributed by atoms with Gasteiger partial charge in [-0.25, -0.2) is 0 Å². The van der Waals surface area contributed by atoms with Crippen LogP contribution in [0.3, 0.4) is 0 Å². The number of hydrogen-bond donors (Lipinski definition) is 5. The molecule has 6 heteroatoms. The molecule has 0 radical (unpaired) electrons. The van der Waals surface area contributed by atoms with Gasteiger partial charge in [-0.3, -0.25) is 4.90 Å². The third kappa shape index (κ3) is 2.29. The van der Waals surface area contributed by atoms with Crippen LogP contribution in [-0.4, -0.2) is 79.6 Å². The minimum absolute atomic E-state index is 0.0106. The molecule has 0 bridgehead atoms. The van der Waals surface area contributed by atoms with Crippen molar-refractivity contribution in [2.75, 3.05) is 6.61 Å². The predicted molar refractivity (Wildman–Crippen MR) is 63.8 cm³/mol. The monoisotopic (exact) mass is 261 g/mol. The fourth-order valence-corrected chi connectivity index (χ4v) is 3.39. The summed E-state index contributed by atoms with van der Waals surface area (Å²) in [4.78, 5) is 1.84. The van der Waals surface area contributed by atoms with Gasteiger partial charge in [0.25, 0.3) is 0 Å². The van der Waals surface area contributed by atoms with Gasteiger partial charge in [-0.15, -0.1) is 0 Å². The second-order valence-corrected chi connectivity index (χ2v) is 5.55. The molecular formula is C12H23NO5. The van der Waals surface area contributed by atoms with Crippen molar-refractivity contribution in [3.05, 3.63) is 0 Å². The minimum atomic E-state index is -1.02. The van der Waals surface area contributed by atoms with Crippen molar-refractivity contribution in [2.45, 2.75) is 68.7 Å². The van der Waals surface area contributed by atoms with E-state index in [1.165, 1.54) is 0 Å². The molecule has 0 unspecified atom stereocenters. The summed E-state index contributed by atoms with van der Waals surface area (Å²) in [6.45, 7) is 1.46. The van der Waals surface area contributed by atoms with E-state index in [-0.39, 0.29) is 12.6 Å². The van der Waals surface area contributed by atoms with Gasteiger partial charge >= 0.3 is 0 Å². The van der Waals surface area contributed by atoms with E-state index in [2.05, 4.69) is 0 Å². The Morgan fingerprint density at radius 1 is 1.22 bits per heavy atom. The highest BCUT2D eigenvalue weighted by Crippen LogP contribution is 2.39. The molecule has 5 N–H and O–H groups in total. The van der Waals surface area contributed by atoms with Gasteiger partial charge in [0.15, 0.2) is 0 Å². The maximum atomic E-state index is 9.98. The molecule has 2 aliphatic heterocycles. The minimum Gasteiger partial charge on any atom is -0.395 e. The van der Waals surface area contributed by atoms with Gasteiger partial charge in [-0.05, 0) is 26.2 Å². The first-order chi connectivity index (χ1) is 8.47. The summed E-state index contributed by atoms with van der Waals surface area (Å²) in [5.41, 5.74) is 0. The summed E-state index contributed by atoms with van der Waals surface area (Å²) in [6.07, 6.45) is -1.35. The lowest BCUT2D eigenvalue weighted by Crippen LogP contribution is -2.44. The van der Waals surface area contributed by atoms with E-state index in [0.717, 1.165) is 0 Å². The van der Waals surface area contributed by atoms with Crippen LogP contribution in [-0.2, 0) is 0 Å². The van der Waals surface area contributed by atoms with E-state index in [0.29, 0.717) is 19.3 Å². The van der Waals surface area contributed by atoms with E-state index in [1.54, 1.807) is 6.92 Å². The molecule has 2 rings (SSSR count). The standard InChI is InChI=1S/C12H23NO5/c1-6(15)2-3-7-4-9(16)10-12(18)11(17)8(5-14)13(7)10/h6-12,14-18H,2-5H2,1H3/t6-,7+,8+,9+,10+,11+,12+/m0/s1. The van der Waals surface area contributed by atoms with Crippen LogP contribution in [0, 0.1) is 0 Å². The number of nitrogens with zero attached hydrogens (tertiary/aromatic N) is 1. The molecule has 2 fully saturated rings. The lowest BCUT2D eigenvalue weighted by Gasteiger charge is -2.30. The second-order valence-electron chi connectivity index (χ2n) is 5.55. The SMILES string of the molecule is C[C@H](O)CC[C@@H]1C[C@@H](O)[C@@H]2[C@@H](O)[C@H](O)[C@@H](CO)N12. The summed E-state index contributed by atoms with van der Waals surface area (Å²) in [6, 6.07) is -1.04. The highest BCUT2D eigenvalue weighted by Gasteiger charge is 2.56. The number of aliphatic hydroxyl groups excluding tert-OH is 5. The number of hydrogen-bond acceptors (Lipinski definition) is 6. The molecule has 0 aromatic carbocycles. The Morgan fingerprint density at radius 3 is 2.44 bits per heavy atom. The maximum absolute atomic E-state index is 9.98. The van der Waals surface area contributed by atoms with Crippen molar-refractivity contribution < 1.29 is 25.5 Å². The first-order valence-electron chi connectivity index (χ1n) is 6.58. The Labute approximate surface area is 106 Å². The average Bonchev–Trinajstić information content (AvgIpc) is 2.75. The van der Waals surface area contributed by atoms with Crippen molar-refractivity contribution in [2.24, 2.45) is 0 Å². The quantitative estimate of drug-likeness (QED) is 0.403. The van der Waals surface area contributed by atoms with Crippen molar-refractivity contribution in [3.63, 3.8) is 0 Å². The van der Waals surface area contributed by atoms with Gasteiger partial charge in [0.05, 0.1) is 43.1 Å². The van der Waals surface area contributed by atoms with Crippen LogP contribution in [0.15, 0.2) is 0 Å². The molecule has 7 atom stereocenters. The van der Waals surface area contributed by atoms with E-state index in [1.807, 2.05) is 4.90 Å². The van der Waals surface area contributed by atoms with E-state index >= 15 is 0 Å². The van der Waals surface area contributed by atoms with Crippen molar-refractivity contribution in [3.8, 4) is 0 Å². The van der Waals surface area contributed by atoms with Crippen LogP contribution in [0.1, 0.15) is 26.2 Å². The Kier molecular flexibility index (Phi) is 4.25. The van der Waals surface area contributed by atoms with E-state index in [4.69, 9.17) is 0 Å². The highest BCUT2D eigenvalue weighted by molar-refractivity contribution is 5.10. The van der Waals surface area contributed by atoms with E-state index < -0.39 is 36.5 Å². The summed E-state index contributed by atoms with van der Waals surface area (Å²) >= 11 is 0. The largest absolute Gasteiger partial charge is 0.395 e. The van der Waals surface area contributed by atoms with Gasteiger partial charge in [-0.1, -0.05) is 0 Å². The molecule has 106 valence electrons. The second kappa shape index (κ2) is 5.40. The molecule has 0 aliphatic carbocycles. The summed E-state index contributed by atoms with van der Waals surface area (Å²) in [5, 5.41) is 48.4. The number of fused-ring (bicyclic) bond motifs is 1. The van der Waals surface area contributed by atoms with Gasteiger partial charge in [-0.2, -0.15) is 0 Å². The lowest BCUT2D eigenvalue weighted by atomic mass is 9.99. The predicted octanol–water partition coefficient (Wildman–Crippen LogP) is -1.95. The molecule has 18 heavy (non-hydrogen) atoms. The number of aliphatic hydroxyl groups is 5. The zero-order chi connectivity index (χ0) is 13.4. The van der Waals surface area contributed by atoms with E-state index in [9.17, 15) is 25.5 Å². The molecule has 0 amide bonds. The van der Waals surface area contributed by atoms with Gasteiger partial charge in [0.2, 0.25) is 0 Å². The van der Waals surface area contributed by atoms with Crippen LogP contribution in [0.2, 0.25) is 0 Å². The Balaban J connectivity index is 2.10. The molecular weight excluding hydrogens is 238 g/mol. The summed E-state index contributed by atoms with van der Waals surface area (Å²) in [5.74, 6) is 0. The molecule has 0 spiro atoms. The van der Waals surface area contributed by atoms with Crippen LogP contribution in [0.25, 0.3) is 0 Å². The zero-order valence-electron chi connectivity index (χ0n) is 10.6. The summed E-state index contributed by atoms with van der Waals surface area (Å²) < 4.78 is 0. The van der Waals surface area contributed by atoms with Crippen molar-refractivity contribution >= 4 is 0 Å². The van der Waals surface area contributed by atoms with Gasteiger partial charge < -0.3 is 25.5 Å². The smallest absolute Gasteiger partial charge is 0.0995 e. The molecule has 6 nitrogen and oxygen atoms in total. The first-order valence-corrected chi connectivity index (χ1v) is 6.58. The number of rotatable bonds is 4. The third-order valence-electron chi connectivity index (χ3n) is 4.26. The maximum Gasteiger partial charge on any atom is 0.0995 e. The van der Waals surface area contributed by atoms with Crippen molar-refractivity contribution in [1.29, 1.82) is 0 Å². The molecule has 0 aromatic rings.